The van der Waals surface area contributed by atoms with E-state index in [0.717, 1.165) is 12.0 Å². The van der Waals surface area contributed by atoms with Gasteiger partial charge in [-0.05, 0) is 37.4 Å². The minimum absolute atomic E-state index is 0.164. The van der Waals surface area contributed by atoms with E-state index in [2.05, 4.69) is 31.3 Å². The van der Waals surface area contributed by atoms with Crippen LogP contribution in [0.2, 0.25) is 0 Å². The lowest BCUT2D eigenvalue weighted by atomic mass is 9.98. The van der Waals surface area contributed by atoms with Crippen LogP contribution < -0.4 is 5.32 Å². The van der Waals surface area contributed by atoms with Crippen LogP contribution in [-0.2, 0) is 16.3 Å². The summed E-state index contributed by atoms with van der Waals surface area (Å²) in [6.07, 6.45) is 2.33. The summed E-state index contributed by atoms with van der Waals surface area (Å²) in [5, 5.41) is 2.67. The fourth-order valence-corrected chi connectivity index (χ4v) is 3.04. The monoisotopic (exact) mass is 283 g/mol. The van der Waals surface area contributed by atoms with Gasteiger partial charge in [-0.25, -0.2) is 8.42 Å². The van der Waals surface area contributed by atoms with Crippen LogP contribution in [0.1, 0.15) is 37.9 Å². The van der Waals surface area contributed by atoms with E-state index in [0.29, 0.717) is 5.92 Å². The van der Waals surface area contributed by atoms with Crippen LogP contribution in [0.5, 0.6) is 0 Å². The molecule has 2 unspecified atom stereocenters. The molecule has 0 heterocycles. The van der Waals surface area contributed by atoms with E-state index < -0.39 is 15.1 Å². The second-order valence-corrected chi connectivity index (χ2v) is 8.04. The first-order valence-electron chi connectivity index (χ1n) is 6.70. The van der Waals surface area contributed by atoms with Gasteiger partial charge < -0.3 is 5.32 Å². The van der Waals surface area contributed by atoms with E-state index in [4.69, 9.17) is 0 Å². The van der Waals surface area contributed by atoms with Crippen LogP contribution in [0.3, 0.4) is 0 Å². The van der Waals surface area contributed by atoms with Crippen LogP contribution in [-0.4, -0.2) is 27.0 Å². The second kappa shape index (κ2) is 6.53. The zero-order valence-electron chi connectivity index (χ0n) is 12.5. The highest BCUT2D eigenvalue weighted by Crippen LogP contribution is 2.22. The number of sulfone groups is 1. The molecule has 0 radical (unpaired) electrons. The number of rotatable bonds is 6. The summed E-state index contributed by atoms with van der Waals surface area (Å²) in [5.74, 6) is 0.626. The molecule has 0 saturated carbocycles. The molecule has 0 spiro atoms. The SMILES string of the molecule is CNC(c1ccc(CC(C)C)cc1)C(C)S(C)(=O)=O. The fraction of sp³-hybridized carbons (Fsp3) is 0.600. The summed E-state index contributed by atoms with van der Waals surface area (Å²) < 4.78 is 23.4. The molecule has 0 aliphatic carbocycles. The van der Waals surface area contributed by atoms with Crippen molar-refractivity contribution in [3.8, 4) is 0 Å². The molecule has 19 heavy (non-hydrogen) atoms. The van der Waals surface area contributed by atoms with Crippen LogP contribution >= 0.6 is 0 Å². The van der Waals surface area contributed by atoms with Gasteiger partial charge in [0.15, 0.2) is 9.84 Å². The van der Waals surface area contributed by atoms with E-state index >= 15 is 0 Å². The van der Waals surface area contributed by atoms with Gasteiger partial charge in [-0.2, -0.15) is 0 Å². The molecule has 4 heteroatoms. The lowest BCUT2D eigenvalue weighted by Crippen LogP contribution is -2.32. The highest BCUT2D eigenvalue weighted by Gasteiger charge is 2.25. The molecule has 2 atom stereocenters. The Morgan fingerprint density at radius 3 is 2.00 bits per heavy atom. The molecule has 0 amide bonds. The van der Waals surface area contributed by atoms with Crippen molar-refractivity contribution >= 4 is 9.84 Å². The summed E-state index contributed by atoms with van der Waals surface area (Å²) in [6, 6.07) is 8.08. The summed E-state index contributed by atoms with van der Waals surface area (Å²) in [7, 11) is -1.25. The van der Waals surface area contributed by atoms with E-state index in [1.165, 1.54) is 11.8 Å². The first-order chi connectivity index (χ1) is 8.75. The minimum Gasteiger partial charge on any atom is -0.312 e. The highest BCUT2D eigenvalue weighted by atomic mass is 32.2. The molecule has 1 N–H and O–H groups in total. The van der Waals surface area contributed by atoms with Crippen molar-refractivity contribution in [2.75, 3.05) is 13.3 Å². The molecule has 0 bridgehead atoms. The first kappa shape index (κ1) is 16.2. The maximum absolute atomic E-state index is 11.7. The van der Waals surface area contributed by atoms with Gasteiger partial charge in [0.2, 0.25) is 0 Å². The van der Waals surface area contributed by atoms with Crippen molar-refractivity contribution in [2.45, 2.75) is 38.5 Å². The van der Waals surface area contributed by atoms with E-state index in [1.807, 2.05) is 12.1 Å². The molecule has 1 aromatic carbocycles. The summed E-state index contributed by atoms with van der Waals surface area (Å²) in [4.78, 5) is 0. The Labute approximate surface area is 117 Å². The van der Waals surface area contributed by atoms with Crippen LogP contribution in [0.25, 0.3) is 0 Å². The van der Waals surface area contributed by atoms with Crippen molar-refractivity contribution in [2.24, 2.45) is 5.92 Å². The Hall–Kier alpha value is -0.870. The Morgan fingerprint density at radius 2 is 1.63 bits per heavy atom. The van der Waals surface area contributed by atoms with Gasteiger partial charge in [0.25, 0.3) is 0 Å². The summed E-state index contributed by atoms with van der Waals surface area (Å²) in [5.41, 5.74) is 2.31. The predicted octanol–water partition coefficient (Wildman–Crippen LogP) is 2.58. The molecular formula is C15H25NO2S. The van der Waals surface area contributed by atoms with Gasteiger partial charge in [-0.1, -0.05) is 38.1 Å². The smallest absolute Gasteiger partial charge is 0.151 e. The first-order valence-corrected chi connectivity index (χ1v) is 8.66. The van der Waals surface area contributed by atoms with Crippen molar-refractivity contribution in [1.29, 1.82) is 0 Å². The molecule has 3 nitrogen and oxygen atoms in total. The maximum Gasteiger partial charge on any atom is 0.151 e. The molecule has 0 saturated heterocycles. The lowest BCUT2D eigenvalue weighted by molar-refractivity contribution is 0.534. The predicted molar refractivity (Wildman–Crippen MR) is 81.1 cm³/mol. The van der Waals surface area contributed by atoms with Crippen LogP contribution in [0.4, 0.5) is 0 Å². The van der Waals surface area contributed by atoms with Crippen molar-refractivity contribution in [3.63, 3.8) is 0 Å². The third-order valence-corrected chi connectivity index (χ3v) is 5.06. The standard InChI is InChI=1S/C15H25NO2S/c1-11(2)10-13-6-8-14(9-7-13)15(16-4)12(3)19(5,17)18/h6-9,11-12,15-16H,10H2,1-5H3. The number of benzene rings is 1. The molecule has 0 aliphatic rings. The molecule has 0 aromatic heterocycles. The zero-order chi connectivity index (χ0) is 14.6. The molecule has 1 rings (SSSR count). The third kappa shape index (κ3) is 4.62. The zero-order valence-corrected chi connectivity index (χ0v) is 13.3. The number of nitrogens with one attached hydrogen (secondary N) is 1. The lowest BCUT2D eigenvalue weighted by Gasteiger charge is -2.23. The van der Waals surface area contributed by atoms with Crippen molar-refractivity contribution in [1.82, 2.24) is 5.32 Å². The quantitative estimate of drug-likeness (QED) is 0.873. The average Bonchev–Trinajstić information content (AvgIpc) is 2.30. The number of hydrogen-bond donors (Lipinski definition) is 1. The van der Waals surface area contributed by atoms with Gasteiger partial charge in [-0.3, -0.25) is 0 Å². The van der Waals surface area contributed by atoms with E-state index in [1.54, 1.807) is 14.0 Å². The Bertz CT molecular complexity index is 491. The highest BCUT2D eigenvalue weighted by molar-refractivity contribution is 7.91. The van der Waals surface area contributed by atoms with Gasteiger partial charge in [0, 0.05) is 12.3 Å². The van der Waals surface area contributed by atoms with E-state index in [-0.39, 0.29) is 6.04 Å². The third-order valence-electron chi connectivity index (χ3n) is 3.44. The Balaban J connectivity index is 2.94. The largest absolute Gasteiger partial charge is 0.312 e. The fourth-order valence-electron chi connectivity index (χ4n) is 2.25. The number of hydrogen-bond acceptors (Lipinski definition) is 3. The normalized spacial score (nSPS) is 15.5. The Kier molecular flexibility index (Phi) is 5.56. The topological polar surface area (TPSA) is 46.2 Å². The summed E-state index contributed by atoms with van der Waals surface area (Å²) in [6.45, 7) is 6.13. The summed E-state index contributed by atoms with van der Waals surface area (Å²) >= 11 is 0. The van der Waals surface area contributed by atoms with Crippen LogP contribution in [0, 0.1) is 5.92 Å². The van der Waals surface area contributed by atoms with Crippen molar-refractivity contribution in [3.05, 3.63) is 35.4 Å². The van der Waals surface area contributed by atoms with E-state index in [9.17, 15) is 8.42 Å². The van der Waals surface area contributed by atoms with Crippen molar-refractivity contribution < 1.29 is 8.42 Å². The molecule has 0 aliphatic heterocycles. The van der Waals surface area contributed by atoms with Gasteiger partial charge >= 0.3 is 0 Å². The van der Waals surface area contributed by atoms with Crippen LogP contribution in [0.15, 0.2) is 24.3 Å². The minimum atomic E-state index is -3.05. The second-order valence-electron chi connectivity index (χ2n) is 5.64. The van der Waals surface area contributed by atoms with Gasteiger partial charge in [0.1, 0.15) is 0 Å². The maximum atomic E-state index is 11.7. The van der Waals surface area contributed by atoms with Gasteiger partial charge in [0.05, 0.1) is 5.25 Å². The average molecular weight is 283 g/mol. The van der Waals surface area contributed by atoms with Gasteiger partial charge in [-0.15, -0.1) is 0 Å². The molecule has 1 aromatic rings. The molecule has 108 valence electrons. The molecule has 0 fully saturated rings. The Morgan fingerprint density at radius 1 is 1.11 bits per heavy atom. The molecular weight excluding hydrogens is 258 g/mol.